The molecule has 4 aromatic rings. The van der Waals surface area contributed by atoms with E-state index in [1.54, 1.807) is 79.7 Å². The van der Waals surface area contributed by atoms with Crippen LogP contribution >= 0.6 is 0 Å². The first-order valence-corrected chi connectivity index (χ1v) is 34.2. The quantitative estimate of drug-likeness (QED) is 0.0437. The molecule has 4 aromatic carbocycles. The van der Waals surface area contributed by atoms with Crippen molar-refractivity contribution in [2.75, 3.05) is 33.5 Å². The van der Waals surface area contributed by atoms with E-state index >= 15 is 0 Å². The number of hydrogen-bond donors (Lipinski definition) is 0. The highest BCUT2D eigenvalue weighted by molar-refractivity contribution is 7.86. The van der Waals surface area contributed by atoms with Crippen molar-refractivity contribution in [1.82, 2.24) is 0 Å². The Hall–Kier alpha value is -8.78. The number of esters is 9. The maximum Gasteiger partial charge on any atom is 0.303 e. The van der Waals surface area contributed by atoms with Crippen LogP contribution in [0.4, 0.5) is 0 Å². The molecule has 0 aromatic heterocycles. The van der Waals surface area contributed by atoms with Crippen molar-refractivity contribution in [3.8, 4) is 11.5 Å². The second-order valence-electron chi connectivity index (χ2n) is 24.4. The Labute approximate surface area is 597 Å². The summed E-state index contributed by atoms with van der Waals surface area (Å²) in [7, 11) is -3.38. The summed E-state index contributed by atoms with van der Waals surface area (Å²) < 4.78 is 164. The van der Waals surface area contributed by atoms with Crippen LogP contribution in [0.5, 0.6) is 11.5 Å². The van der Waals surface area contributed by atoms with E-state index < -0.39 is 213 Å². The lowest BCUT2D eigenvalue weighted by atomic mass is 9.94. The van der Waals surface area contributed by atoms with E-state index in [2.05, 4.69) is 0 Å². The van der Waals surface area contributed by atoms with Gasteiger partial charge in [-0.25, -0.2) is 0 Å². The third-order valence-electron chi connectivity index (χ3n) is 16.3. The molecule has 0 saturated carbocycles. The average Bonchev–Trinajstić information content (AvgIpc) is 0.758. The van der Waals surface area contributed by atoms with Gasteiger partial charge in [0.1, 0.15) is 66.9 Å². The Morgan fingerprint density at radius 1 is 0.413 bits per heavy atom. The van der Waals surface area contributed by atoms with Crippen LogP contribution in [0.1, 0.15) is 85.3 Å². The van der Waals surface area contributed by atoms with Gasteiger partial charge in [0.2, 0.25) is 12.4 Å². The van der Waals surface area contributed by atoms with Gasteiger partial charge in [-0.3, -0.25) is 47.3 Å². The summed E-state index contributed by atoms with van der Waals surface area (Å²) in [5, 5.41) is 0. The van der Waals surface area contributed by atoms with E-state index in [0.29, 0.717) is 22.4 Å². The minimum absolute atomic E-state index is 0.118. The van der Waals surface area contributed by atoms with Crippen LogP contribution in [0.25, 0.3) is 0 Å². The van der Waals surface area contributed by atoms with Gasteiger partial charge in [-0.15, -0.1) is 0 Å². The largest absolute Gasteiger partial charge is 0.497 e. The monoisotopic (exact) mass is 1480 g/mol. The third kappa shape index (κ3) is 21.2. The van der Waals surface area contributed by atoms with Gasteiger partial charge in [0.25, 0.3) is 10.1 Å². The zero-order chi connectivity index (χ0) is 75.1. The zero-order valence-corrected chi connectivity index (χ0v) is 59.2. The molecule has 104 heavy (non-hydrogen) atoms. The van der Waals surface area contributed by atoms with Crippen LogP contribution in [0.2, 0.25) is 0 Å². The van der Waals surface area contributed by atoms with Gasteiger partial charge in [0, 0.05) is 67.9 Å². The summed E-state index contributed by atoms with van der Waals surface area (Å²) >= 11 is 0. The van der Waals surface area contributed by atoms with Gasteiger partial charge in [-0.2, -0.15) is 8.42 Å². The van der Waals surface area contributed by atoms with Crippen molar-refractivity contribution in [2.45, 2.75) is 210 Å². The van der Waals surface area contributed by atoms with Crippen LogP contribution in [-0.2, 0) is 154 Å². The SMILES string of the molecule is COc1ccc(O[C@@H]2O[C@H](COC(C)=O)[C@@H](O[C@@H]3O[C@H](COCc4ccccc4)[C@@H](O[C@@H]4O[C@H](COS(=O)(=O)c5ccc(C)cc5)[C@@H](O[C@@H]5O[C@@H]6COC(c7ccccc7)O[C@H]6[C@H](OC(C)=O)[C@H]5OC(C)=O)[C@H](OC(C)=O)[C@H]4OC(C)=O)[C@H](OC(C)=O)[C@H]3OC(C)=O)[C@H](OC(C)=O)[C@H]2OC(C)=O)cc1. The molecule has 566 valence electrons. The Morgan fingerprint density at radius 2 is 0.817 bits per heavy atom. The van der Waals surface area contributed by atoms with E-state index in [9.17, 15) is 51.6 Å². The van der Waals surface area contributed by atoms with Gasteiger partial charge in [-0.05, 0) is 48.9 Å². The van der Waals surface area contributed by atoms with Gasteiger partial charge < -0.3 is 99.5 Å². The molecule has 0 spiro atoms. The predicted octanol–water partition coefficient (Wildman–Crippen LogP) is 4.19. The Morgan fingerprint density at radius 3 is 1.29 bits per heavy atom. The molecule has 5 aliphatic rings. The normalized spacial score (nSPS) is 30.3. The van der Waals surface area contributed by atoms with Gasteiger partial charge in [0.05, 0.1) is 38.4 Å². The number of aryl methyl sites for hydroxylation is 1. The third-order valence-corrected chi connectivity index (χ3v) is 17.6. The summed E-state index contributed by atoms with van der Waals surface area (Å²) in [6, 6.07) is 28.9. The second-order valence-corrected chi connectivity index (χ2v) is 26.0. The first-order chi connectivity index (χ1) is 49.5. The smallest absolute Gasteiger partial charge is 0.303 e. The highest BCUT2D eigenvalue weighted by Gasteiger charge is 2.62. The molecular formula is C70H82O33S. The number of carbonyl (C=O) groups is 9. The molecule has 0 radical (unpaired) electrons. The van der Waals surface area contributed by atoms with Crippen molar-refractivity contribution in [2.24, 2.45) is 0 Å². The van der Waals surface area contributed by atoms with Crippen LogP contribution in [0, 0.1) is 6.92 Å². The Kier molecular flexibility index (Phi) is 27.7. The summed E-state index contributed by atoms with van der Waals surface area (Å²) in [6.07, 6.45) is -37.7. The minimum Gasteiger partial charge on any atom is -0.497 e. The summed E-state index contributed by atoms with van der Waals surface area (Å²) in [5.74, 6) is -8.44. The predicted molar refractivity (Wildman–Crippen MR) is 344 cm³/mol. The zero-order valence-electron chi connectivity index (χ0n) is 58.4. The minimum atomic E-state index is -4.81. The number of rotatable bonds is 28. The number of hydrogen-bond acceptors (Lipinski definition) is 33. The fourth-order valence-corrected chi connectivity index (χ4v) is 13.0. The van der Waals surface area contributed by atoms with Crippen LogP contribution in [0.3, 0.4) is 0 Å². The molecule has 0 bridgehead atoms. The van der Waals surface area contributed by atoms with E-state index in [4.69, 9.17) is 104 Å². The van der Waals surface area contributed by atoms with Crippen molar-refractivity contribution < 1.29 is 155 Å². The van der Waals surface area contributed by atoms with Crippen LogP contribution < -0.4 is 9.47 Å². The lowest BCUT2D eigenvalue weighted by Gasteiger charge is -2.51. The highest BCUT2D eigenvalue weighted by atomic mass is 32.2. The lowest BCUT2D eigenvalue weighted by Crippen LogP contribution is -2.70. The van der Waals surface area contributed by atoms with Crippen molar-refractivity contribution in [3.63, 3.8) is 0 Å². The molecule has 5 aliphatic heterocycles. The number of fused-ring (bicyclic) bond motifs is 1. The molecule has 34 heteroatoms. The Balaban J connectivity index is 1.15. The number of methoxy groups -OCH3 is 1. The maximum absolute atomic E-state index is 14.3. The molecule has 0 amide bonds. The lowest BCUT2D eigenvalue weighted by molar-refractivity contribution is -0.396. The average molecular weight is 1480 g/mol. The van der Waals surface area contributed by atoms with Crippen molar-refractivity contribution in [3.05, 3.63) is 126 Å². The van der Waals surface area contributed by atoms with Crippen molar-refractivity contribution in [1.29, 1.82) is 0 Å². The first kappa shape index (κ1) is 79.3. The van der Waals surface area contributed by atoms with Gasteiger partial charge in [0.15, 0.2) is 67.9 Å². The second kappa shape index (κ2) is 36.3. The highest BCUT2D eigenvalue weighted by Crippen LogP contribution is 2.42. The van der Waals surface area contributed by atoms with Crippen LogP contribution in [0.15, 0.2) is 114 Å². The molecule has 5 fully saturated rings. The summed E-state index contributed by atoms with van der Waals surface area (Å²) in [6.45, 7) is 7.94. The molecular weight excluding hydrogens is 1400 g/mol. The molecule has 5 heterocycles. The van der Waals surface area contributed by atoms with Crippen LogP contribution in [-0.4, -0.2) is 219 Å². The van der Waals surface area contributed by atoms with E-state index in [1.807, 2.05) is 0 Å². The molecule has 33 nitrogen and oxygen atoms in total. The van der Waals surface area contributed by atoms with E-state index in [0.717, 1.165) is 62.3 Å². The maximum atomic E-state index is 14.3. The Bertz CT molecular complexity index is 3710. The molecule has 0 N–H and O–H groups in total. The molecule has 21 atom stereocenters. The van der Waals surface area contributed by atoms with Gasteiger partial charge >= 0.3 is 53.7 Å². The van der Waals surface area contributed by atoms with E-state index in [-0.39, 0.29) is 23.9 Å². The fraction of sp³-hybridized carbons (Fsp3) is 0.529. The molecule has 5 saturated heterocycles. The number of ether oxygens (including phenoxy) is 21. The summed E-state index contributed by atoms with van der Waals surface area (Å²) in [4.78, 5) is 120. The molecule has 1 unspecified atom stereocenters. The number of carbonyl (C=O) groups excluding carboxylic acids is 9. The summed E-state index contributed by atoms with van der Waals surface area (Å²) in [5.41, 5.74) is 1.83. The van der Waals surface area contributed by atoms with Crippen molar-refractivity contribution >= 4 is 63.8 Å². The molecule has 0 aliphatic carbocycles. The fourth-order valence-electron chi connectivity index (χ4n) is 12.1. The number of benzene rings is 4. The van der Waals surface area contributed by atoms with Gasteiger partial charge in [-0.1, -0.05) is 78.4 Å². The molecule has 9 rings (SSSR count). The first-order valence-electron chi connectivity index (χ1n) is 32.8. The topological polar surface area (TPSA) is 391 Å². The van der Waals surface area contributed by atoms with E-state index in [1.165, 1.54) is 43.5 Å². The standard InChI is InChI=1S/C70H82O33S/c1-35-22-28-49(29-23-35)104(80,81)86-34-53-57(103-69-64(93-43(9)78)59(88-38(4)73)55-52(98-69)33-85-66(100-55)46-20-16-13-17-21-46)61(90-40(6)75)65(94-44(10)79)70(99-53)101-54-50(31-83-30-45-18-14-12-15-19-45)96-68(63(92-42(8)77)58(54)87-37(3)72)102-56-51(32-84-36(2)71)97-67(95-48-26-24-47(82-11)25-27-48)62(91-41(7)76)60(56)89-39(5)74/h12-29,50-70H,30-34H2,1-11H3/t50-,51-,52-,53-,54-,55-,56-,57-,58+,59+,60+,61+,62-,63-,64-,65-,66?,67-,68+,69+,70+/m1/s1.